The van der Waals surface area contributed by atoms with Crippen molar-refractivity contribution in [2.24, 2.45) is 0 Å². The topological polar surface area (TPSA) is 173 Å². The molecule has 0 saturated carbocycles. The number of hydrogen-bond donors (Lipinski definition) is 6. The molecule has 0 aliphatic rings. The molecule has 11 heteroatoms. The molecule has 0 aromatic carbocycles. The summed E-state index contributed by atoms with van der Waals surface area (Å²) in [5.74, 6) is -1.19. The van der Waals surface area contributed by atoms with Crippen molar-refractivity contribution in [1.29, 1.82) is 0 Å². The minimum absolute atomic E-state index is 0.214. The molecule has 0 unspecified atom stereocenters. The molecule has 0 aromatic heterocycles. The Morgan fingerprint density at radius 3 is 1.28 bits per heavy atom. The van der Waals surface area contributed by atoms with E-state index in [4.69, 9.17) is 34.6 Å². The first kappa shape index (κ1) is 20.1. The second-order valence-corrected chi connectivity index (χ2v) is 6.94. The zero-order chi connectivity index (χ0) is 14.8. The predicted molar refractivity (Wildman–Crippen MR) is 62.4 cm³/mol. The Labute approximate surface area is 104 Å². The van der Waals surface area contributed by atoms with E-state index in [0.717, 1.165) is 0 Å². The Hall–Kier alpha value is -0.270. The number of hydrogen-bond acceptors (Lipinski definition) is 4. The highest BCUT2D eigenvalue weighted by molar-refractivity contribution is 7.52. The average molecular weight is 308 g/mol. The summed E-state index contributed by atoms with van der Waals surface area (Å²) in [6, 6.07) is 0. The van der Waals surface area contributed by atoms with Crippen LogP contribution in [0.4, 0.5) is 0 Å². The Kier molecular flexibility index (Phi) is 10.7. The van der Waals surface area contributed by atoms with Crippen LogP contribution < -0.4 is 0 Å². The molecule has 110 valence electrons. The van der Waals surface area contributed by atoms with E-state index < -0.39 is 27.8 Å². The molecule has 6 N–H and O–H groups in total. The lowest BCUT2D eigenvalue weighted by molar-refractivity contribution is -0.140. The van der Waals surface area contributed by atoms with Crippen molar-refractivity contribution in [2.45, 2.75) is 19.3 Å². The summed E-state index contributed by atoms with van der Waals surface area (Å²) in [6.07, 6.45) is 0.590. The average Bonchev–Trinajstić information content (AvgIpc) is 2.14. The molecular weight excluding hydrogens is 290 g/mol. The molecule has 0 aliphatic heterocycles. The summed E-state index contributed by atoms with van der Waals surface area (Å²) in [6.45, 7) is -0.778. The number of aliphatic hydroxyl groups is 1. The van der Waals surface area contributed by atoms with Crippen LogP contribution in [0.1, 0.15) is 19.3 Å². The zero-order valence-corrected chi connectivity index (χ0v) is 11.3. The van der Waals surface area contributed by atoms with Gasteiger partial charge in [0, 0.05) is 12.3 Å². The summed E-state index contributed by atoms with van der Waals surface area (Å²) >= 11 is 0. The maximum atomic E-state index is 10.3. The molecule has 0 amide bonds. The van der Waals surface area contributed by atoms with Crippen LogP contribution in [-0.2, 0) is 13.9 Å². The van der Waals surface area contributed by atoms with Crippen LogP contribution >= 0.6 is 15.2 Å². The van der Waals surface area contributed by atoms with Gasteiger partial charge < -0.3 is 29.8 Å². The van der Waals surface area contributed by atoms with Crippen LogP contribution in [0, 0.1) is 0 Å². The van der Waals surface area contributed by atoms with Crippen molar-refractivity contribution in [3.05, 3.63) is 0 Å². The summed E-state index contributed by atoms with van der Waals surface area (Å²) < 4.78 is 20.7. The number of unbranched alkanes of at least 4 members (excludes halogenated alkanes) is 2. The Balaban J connectivity index is 0. The Morgan fingerprint density at radius 1 is 0.833 bits per heavy atom. The fourth-order valence-corrected chi connectivity index (χ4v) is 2.08. The molecule has 9 nitrogen and oxygen atoms in total. The van der Waals surface area contributed by atoms with Gasteiger partial charge in [-0.1, -0.05) is 6.42 Å². The number of aliphatic hydroxyl groups excluding tert-OH is 1. The van der Waals surface area contributed by atoms with Crippen LogP contribution in [0.3, 0.4) is 0 Å². The maximum absolute atomic E-state index is 10.3. The largest absolute Gasteiger partial charge is 0.480 e. The standard InChI is InChI=1S/C5H14O6P2.C2H4O3/c6-12(7,8)4-2-1-3-5-13(9,10)11;3-1-2(4)5/h1-5H2,(H2,6,7,8)(H2,9,10,11);3H,1H2,(H,4,5). The Morgan fingerprint density at radius 2 is 1.11 bits per heavy atom. The second-order valence-electron chi connectivity index (χ2n) is 3.39. The highest BCUT2D eigenvalue weighted by Gasteiger charge is 2.14. The first-order valence-electron chi connectivity index (χ1n) is 4.90. The third kappa shape index (κ3) is 24.8. The van der Waals surface area contributed by atoms with Gasteiger partial charge >= 0.3 is 21.2 Å². The molecule has 0 bridgehead atoms. The molecule has 0 spiro atoms. The monoisotopic (exact) mass is 308 g/mol. The normalized spacial score (nSPS) is 11.6. The zero-order valence-electron chi connectivity index (χ0n) is 9.55. The fourth-order valence-electron chi connectivity index (χ4n) is 0.812. The Bertz CT molecular complexity index is 293. The fraction of sp³-hybridized carbons (Fsp3) is 0.857. The highest BCUT2D eigenvalue weighted by Crippen LogP contribution is 2.37. The van der Waals surface area contributed by atoms with Gasteiger partial charge in [-0.15, -0.1) is 0 Å². The second kappa shape index (κ2) is 9.63. The van der Waals surface area contributed by atoms with Gasteiger partial charge in [0.2, 0.25) is 0 Å². The predicted octanol–water partition coefficient (Wildman–Crippen LogP) is -0.425. The van der Waals surface area contributed by atoms with Crippen LogP contribution in [0.2, 0.25) is 0 Å². The van der Waals surface area contributed by atoms with Crippen molar-refractivity contribution < 1.29 is 43.7 Å². The van der Waals surface area contributed by atoms with Crippen LogP contribution in [0.15, 0.2) is 0 Å². The number of carboxylic acid groups (broad SMARTS) is 1. The first-order valence-corrected chi connectivity index (χ1v) is 8.49. The molecule has 0 radical (unpaired) electrons. The molecule has 0 rings (SSSR count). The summed E-state index contributed by atoms with van der Waals surface area (Å²) in [5.41, 5.74) is 0. The van der Waals surface area contributed by atoms with Crippen molar-refractivity contribution in [1.82, 2.24) is 0 Å². The van der Waals surface area contributed by atoms with Gasteiger partial charge in [0.15, 0.2) is 0 Å². The number of aliphatic carboxylic acids is 1. The lowest BCUT2D eigenvalue weighted by atomic mass is 10.3. The molecule has 0 heterocycles. The van der Waals surface area contributed by atoms with Gasteiger partial charge in [-0.3, -0.25) is 9.13 Å². The summed E-state index contributed by atoms with van der Waals surface area (Å²) in [4.78, 5) is 42.9. The van der Waals surface area contributed by atoms with Gasteiger partial charge in [0.05, 0.1) is 0 Å². The van der Waals surface area contributed by atoms with E-state index in [0.29, 0.717) is 19.3 Å². The van der Waals surface area contributed by atoms with E-state index in [2.05, 4.69) is 0 Å². The van der Waals surface area contributed by atoms with E-state index in [-0.39, 0.29) is 12.3 Å². The summed E-state index contributed by atoms with van der Waals surface area (Å²) in [7, 11) is -7.88. The van der Waals surface area contributed by atoms with Crippen LogP contribution in [0.25, 0.3) is 0 Å². The highest BCUT2D eigenvalue weighted by atomic mass is 31.2. The van der Waals surface area contributed by atoms with Crippen LogP contribution in [-0.4, -0.2) is 54.7 Å². The minimum Gasteiger partial charge on any atom is -0.480 e. The molecule has 0 aliphatic carbocycles. The minimum atomic E-state index is -3.94. The van der Waals surface area contributed by atoms with Crippen molar-refractivity contribution >= 4 is 21.2 Å². The smallest absolute Gasteiger partial charge is 0.329 e. The SMILES string of the molecule is O=C(O)CO.O=P(O)(O)CCCCCP(=O)(O)O. The van der Waals surface area contributed by atoms with Gasteiger partial charge in [0.1, 0.15) is 6.61 Å². The van der Waals surface area contributed by atoms with Gasteiger partial charge in [-0.05, 0) is 12.8 Å². The number of carbonyl (C=O) groups is 1. The number of carboxylic acids is 1. The lowest BCUT2D eigenvalue weighted by Gasteiger charge is -2.04. The van der Waals surface area contributed by atoms with Crippen molar-refractivity contribution in [3.63, 3.8) is 0 Å². The molecule has 18 heavy (non-hydrogen) atoms. The maximum Gasteiger partial charge on any atom is 0.329 e. The third-order valence-electron chi connectivity index (χ3n) is 1.53. The molecule has 0 aromatic rings. The van der Waals surface area contributed by atoms with Gasteiger partial charge in [-0.25, -0.2) is 4.79 Å². The van der Waals surface area contributed by atoms with Crippen molar-refractivity contribution in [3.8, 4) is 0 Å². The van der Waals surface area contributed by atoms with E-state index >= 15 is 0 Å². The van der Waals surface area contributed by atoms with Gasteiger partial charge in [0.25, 0.3) is 0 Å². The van der Waals surface area contributed by atoms with Crippen LogP contribution in [0.5, 0.6) is 0 Å². The molecular formula is C7H18O9P2. The van der Waals surface area contributed by atoms with Crippen molar-refractivity contribution in [2.75, 3.05) is 18.9 Å². The molecule has 0 fully saturated rings. The third-order valence-corrected chi connectivity index (χ3v) is 3.33. The quantitative estimate of drug-likeness (QED) is 0.269. The lowest BCUT2D eigenvalue weighted by Crippen LogP contribution is -1.98. The van der Waals surface area contributed by atoms with E-state index in [1.165, 1.54) is 0 Å². The van der Waals surface area contributed by atoms with E-state index in [1.54, 1.807) is 0 Å². The number of rotatable bonds is 7. The van der Waals surface area contributed by atoms with E-state index in [9.17, 15) is 9.13 Å². The van der Waals surface area contributed by atoms with E-state index in [1.807, 2.05) is 0 Å². The molecule has 0 saturated heterocycles. The van der Waals surface area contributed by atoms with Gasteiger partial charge in [-0.2, -0.15) is 0 Å². The first-order chi connectivity index (χ1) is 7.98. The summed E-state index contributed by atoms with van der Waals surface area (Å²) in [5, 5.41) is 15.0. The molecule has 0 atom stereocenters.